The van der Waals surface area contributed by atoms with Gasteiger partial charge in [0.15, 0.2) is 0 Å². The molecule has 0 radical (unpaired) electrons. The van der Waals surface area contributed by atoms with Gasteiger partial charge in [0.2, 0.25) is 5.91 Å². The molecule has 112 valence electrons. The molecule has 1 aliphatic carbocycles. The third kappa shape index (κ3) is 4.80. The Morgan fingerprint density at radius 3 is 2.40 bits per heavy atom. The lowest BCUT2D eigenvalue weighted by Crippen LogP contribution is -2.41. The van der Waals surface area contributed by atoms with Crippen molar-refractivity contribution in [1.29, 1.82) is 0 Å². The Morgan fingerprint density at radius 1 is 1.15 bits per heavy atom. The minimum Gasteiger partial charge on any atom is -0.335 e. The zero-order valence-corrected chi connectivity index (χ0v) is 12.8. The Kier molecular flexibility index (Phi) is 7.63. The molecule has 1 fully saturated rings. The third-order valence-corrected chi connectivity index (χ3v) is 3.89. The molecule has 0 heterocycles. The molecule has 1 aromatic carbocycles. The number of carbonyl (C=O) groups excluding carboxylic acids is 1. The average molecular weight is 297 g/mol. The van der Waals surface area contributed by atoms with E-state index in [1.807, 2.05) is 18.2 Å². The largest absolute Gasteiger partial charge is 0.335 e. The average Bonchev–Trinajstić information content (AvgIpc) is 2.47. The van der Waals surface area contributed by atoms with Gasteiger partial charge in [0.1, 0.15) is 0 Å². The second-order valence-electron chi connectivity index (χ2n) is 5.34. The van der Waals surface area contributed by atoms with Gasteiger partial charge in [-0.2, -0.15) is 0 Å². The first kappa shape index (κ1) is 17.0. The van der Waals surface area contributed by atoms with E-state index in [4.69, 9.17) is 5.73 Å². The highest BCUT2D eigenvalue weighted by Gasteiger charge is 2.24. The van der Waals surface area contributed by atoms with E-state index in [-0.39, 0.29) is 18.3 Å². The zero-order chi connectivity index (χ0) is 13.5. The number of carbonyl (C=O) groups is 1. The molecule has 4 heteroatoms. The molecule has 0 aliphatic heterocycles. The number of hydrogen-bond donors (Lipinski definition) is 1. The molecule has 2 N–H and O–H groups in total. The van der Waals surface area contributed by atoms with Gasteiger partial charge in [-0.3, -0.25) is 4.79 Å². The van der Waals surface area contributed by atoms with E-state index in [2.05, 4.69) is 17.0 Å². The summed E-state index contributed by atoms with van der Waals surface area (Å²) in [6.45, 7) is 1.17. The van der Waals surface area contributed by atoms with Crippen molar-refractivity contribution in [3.05, 3.63) is 35.9 Å². The van der Waals surface area contributed by atoms with Crippen LogP contribution in [0.5, 0.6) is 0 Å². The quantitative estimate of drug-likeness (QED) is 0.907. The van der Waals surface area contributed by atoms with Gasteiger partial charge in [0.05, 0.1) is 0 Å². The van der Waals surface area contributed by atoms with Crippen LogP contribution in [0.4, 0.5) is 0 Å². The molecule has 0 atom stereocenters. The molecule has 2 rings (SSSR count). The van der Waals surface area contributed by atoms with E-state index in [1.54, 1.807) is 0 Å². The van der Waals surface area contributed by atoms with Gasteiger partial charge in [0.25, 0.3) is 0 Å². The minimum absolute atomic E-state index is 0. The summed E-state index contributed by atoms with van der Waals surface area (Å²) in [5.74, 6) is 0.207. The van der Waals surface area contributed by atoms with Crippen LogP contribution in [-0.4, -0.2) is 23.4 Å². The molecule has 0 aromatic heterocycles. The van der Waals surface area contributed by atoms with Crippen molar-refractivity contribution >= 4 is 18.3 Å². The normalized spacial score (nSPS) is 15.4. The maximum absolute atomic E-state index is 12.3. The zero-order valence-electron chi connectivity index (χ0n) is 12.0. The van der Waals surface area contributed by atoms with Crippen LogP contribution in [0.15, 0.2) is 30.3 Å². The van der Waals surface area contributed by atoms with E-state index in [0.717, 1.165) is 19.4 Å². The van der Waals surface area contributed by atoms with Crippen molar-refractivity contribution < 1.29 is 4.79 Å². The highest BCUT2D eigenvalue weighted by Crippen LogP contribution is 2.24. The van der Waals surface area contributed by atoms with Gasteiger partial charge in [-0.15, -0.1) is 12.4 Å². The third-order valence-electron chi connectivity index (χ3n) is 3.89. The summed E-state index contributed by atoms with van der Waals surface area (Å²) >= 11 is 0. The van der Waals surface area contributed by atoms with Crippen molar-refractivity contribution in [3.8, 4) is 0 Å². The molecule has 0 spiro atoms. The fourth-order valence-corrected chi connectivity index (χ4v) is 2.86. The number of rotatable bonds is 5. The van der Waals surface area contributed by atoms with E-state index >= 15 is 0 Å². The summed E-state index contributed by atoms with van der Waals surface area (Å²) in [6.07, 6.45) is 6.54. The molecule has 0 saturated heterocycles. The van der Waals surface area contributed by atoms with Crippen molar-refractivity contribution in [2.75, 3.05) is 6.54 Å². The molecule has 0 unspecified atom stereocenters. The molecule has 20 heavy (non-hydrogen) atoms. The second-order valence-corrected chi connectivity index (χ2v) is 5.34. The van der Waals surface area contributed by atoms with Crippen molar-refractivity contribution in [2.45, 2.75) is 51.1 Å². The van der Waals surface area contributed by atoms with E-state index < -0.39 is 0 Å². The SMILES string of the molecule is Cl.NCCC(=O)N(Cc1ccccc1)C1CCCCC1. The van der Waals surface area contributed by atoms with Crippen molar-refractivity contribution in [1.82, 2.24) is 4.90 Å². The van der Waals surface area contributed by atoms with Crippen LogP contribution in [0.3, 0.4) is 0 Å². The number of benzene rings is 1. The fourth-order valence-electron chi connectivity index (χ4n) is 2.86. The fraction of sp³-hybridized carbons (Fsp3) is 0.562. The van der Waals surface area contributed by atoms with Crippen LogP contribution in [0.2, 0.25) is 0 Å². The Hall–Kier alpha value is -1.06. The highest BCUT2D eigenvalue weighted by atomic mass is 35.5. The Labute approximate surface area is 127 Å². The lowest BCUT2D eigenvalue weighted by molar-refractivity contribution is -0.134. The molecular formula is C16H25ClN2O. The maximum Gasteiger partial charge on any atom is 0.224 e. The summed E-state index contributed by atoms with van der Waals surface area (Å²) in [5, 5.41) is 0. The predicted molar refractivity (Wildman–Crippen MR) is 84.8 cm³/mol. The summed E-state index contributed by atoms with van der Waals surface area (Å²) < 4.78 is 0. The first-order valence-electron chi connectivity index (χ1n) is 7.34. The Morgan fingerprint density at radius 2 is 1.80 bits per heavy atom. The molecule has 1 amide bonds. The lowest BCUT2D eigenvalue weighted by atomic mass is 9.93. The van der Waals surface area contributed by atoms with E-state index in [0.29, 0.717) is 19.0 Å². The van der Waals surface area contributed by atoms with Crippen LogP contribution in [0, 0.1) is 0 Å². The van der Waals surface area contributed by atoms with Gasteiger partial charge < -0.3 is 10.6 Å². The minimum atomic E-state index is 0. The molecule has 3 nitrogen and oxygen atoms in total. The number of nitrogens with two attached hydrogens (primary N) is 1. The van der Waals surface area contributed by atoms with Crippen LogP contribution < -0.4 is 5.73 Å². The standard InChI is InChI=1S/C16H24N2O.ClH/c17-12-11-16(19)18(15-9-5-2-6-10-15)13-14-7-3-1-4-8-14;/h1,3-4,7-8,15H,2,5-6,9-13,17H2;1H. The molecule has 1 aromatic rings. The monoisotopic (exact) mass is 296 g/mol. The lowest BCUT2D eigenvalue weighted by Gasteiger charge is -2.34. The summed E-state index contributed by atoms with van der Waals surface area (Å²) in [5.41, 5.74) is 6.75. The first-order chi connectivity index (χ1) is 9.31. The second kappa shape index (κ2) is 8.98. The van der Waals surface area contributed by atoms with Crippen LogP contribution in [0.25, 0.3) is 0 Å². The number of amides is 1. The Balaban J connectivity index is 0.00000200. The van der Waals surface area contributed by atoms with Gasteiger partial charge in [-0.1, -0.05) is 49.6 Å². The number of halogens is 1. The van der Waals surface area contributed by atoms with Gasteiger partial charge >= 0.3 is 0 Å². The Bertz CT molecular complexity index is 391. The van der Waals surface area contributed by atoms with Gasteiger partial charge in [-0.05, 0) is 18.4 Å². The molecule has 0 bridgehead atoms. The van der Waals surface area contributed by atoms with Crippen LogP contribution >= 0.6 is 12.4 Å². The number of nitrogens with zero attached hydrogens (tertiary/aromatic N) is 1. The summed E-state index contributed by atoms with van der Waals surface area (Å²) in [4.78, 5) is 14.3. The molecule has 1 aliphatic rings. The van der Waals surface area contributed by atoms with Crippen molar-refractivity contribution in [3.63, 3.8) is 0 Å². The summed E-state index contributed by atoms with van der Waals surface area (Å²) in [6, 6.07) is 10.7. The van der Waals surface area contributed by atoms with E-state index in [9.17, 15) is 4.79 Å². The van der Waals surface area contributed by atoms with Gasteiger partial charge in [0, 0.05) is 25.6 Å². The number of hydrogen-bond acceptors (Lipinski definition) is 2. The smallest absolute Gasteiger partial charge is 0.224 e. The predicted octanol–water partition coefficient (Wildman–Crippen LogP) is 3.12. The van der Waals surface area contributed by atoms with Crippen molar-refractivity contribution in [2.24, 2.45) is 5.73 Å². The summed E-state index contributed by atoms with van der Waals surface area (Å²) in [7, 11) is 0. The van der Waals surface area contributed by atoms with Gasteiger partial charge in [-0.25, -0.2) is 0 Å². The molecular weight excluding hydrogens is 272 g/mol. The first-order valence-corrected chi connectivity index (χ1v) is 7.34. The van der Waals surface area contributed by atoms with Crippen LogP contribution in [-0.2, 0) is 11.3 Å². The molecule has 1 saturated carbocycles. The van der Waals surface area contributed by atoms with E-state index in [1.165, 1.54) is 24.8 Å². The highest BCUT2D eigenvalue weighted by molar-refractivity contribution is 5.85. The topological polar surface area (TPSA) is 46.3 Å². The maximum atomic E-state index is 12.3. The van der Waals surface area contributed by atoms with Crippen LogP contribution in [0.1, 0.15) is 44.1 Å².